The van der Waals surface area contributed by atoms with E-state index in [-0.39, 0.29) is 6.10 Å². The van der Waals surface area contributed by atoms with Gasteiger partial charge in [0.25, 0.3) is 0 Å². The summed E-state index contributed by atoms with van der Waals surface area (Å²) in [5.74, 6) is -0.708. The van der Waals surface area contributed by atoms with Crippen molar-refractivity contribution in [2.75, 3.05) is 6.61 Å². The molecule has 0 amide bonds. The van der Waals surface area contributed by atoms with Gasteiger partial charge in [0.15, 0.2) is 0 Å². The second-order valence-electron chi connectivity index (χ2n) is 5.06. The van der Waals surface area contributed by atoms with Crippen molar-refractivity contribution in [3.63, 3.8) is 0 Å². The van der Waals surface area contributed by atoms with E-state index in [0.29, 0.717) is 19.4 Å². The van der Waals surface area contributed by atoms with Gasteiger partial charge < -0.3 is 9.84 Å². The smallest absolute Gasteiger partial charge is 0.312 e. The molecule has 2 atom stereocenters. The Morgan fingerprint density at radius 2 is 2.17 bits per heavy atom. The van der Waals surface area contributed by atoms with Gasteiger partial charge in [-0.2, -0.15) is 0 Å². The van der Waals surface area contributed by atoms with E-state index >= 15 is 0 Å². The second-order valence-corrected chi connectivity index (χ2v) is 5.06. The highest BCUT2D eigenvalue weighted by Gasteiger charge is 2.47. The zero-order valence-corrected chi connectivity index (χ0v) is 10.8. The summed E-state index contributed by atoms with van der Waals surface area (Å²) >= 11 is 0. The van der Waals surface area contributed by atoms with Crippen LogP contribution in [0.3, 0.4) is 0 Å². The molecule has 0 aliphatic carbocycles. The Hall–Kier alpha value is -1.35. The number of rotatable bonds is 5. The molecule has 0 spiro atoms. The fourth-order valence-corrected chi connectivity index (χ4v) is 2.75. The quantitative estimate of drug-likeness (QED) is 0.871. The van der Waals surface area contributed by atoms with Crippen molar-refractivity contribution in [3.05, 3.63) is 35.9 Å². The summed E-state index contributed by atoms with van der Waals surface area (Å²) in [6, 6.07) is 10.2. The Bertz CT molecular complexity index is 401. The number of ether oxygens (including phenoxy) is 1. The Balaban J connectivity index is 1.93. The SMILES string of the molecule is CC1OCCC1(CCCc1ccccc1)C(=O)O. The van der Waals surface area contributed by atoms with Gasteiger partial charge in [-0.25, -0.2) is 0 Å². The van der Waals surface area contributed by atoms with E-state index in [1.807, 2.05) is 25.1 Å². The van der Waals surface area contributed by atoms with Crippen LogP contribution >= 0.6 is 0 Å². The lowest BCUT2D eigenvalue weighted by molar-refractivity contribution is -0.152. The first-order valence-corrected chi connectivity index (χ1v) is 6.54. The molecule has 1 aromatic carbocycles. The Morgan fingerprint density at radius 1 is 1.44 bits per heavy atom. The summed E-state index contributed by atoms with van der Waals surface area (Å²) in [6.07, 6.45) is 2.98. The second kappa shape index (κ2) is 5.53. The molecule has 0 aromatic heterocycles. The first kappa shape index (κ1) is 13.1. The van der Waals surface area contributed by atoms with Gasteiger partial charge in [0.2, 0.25) is 0 Å². The lowest BCUT2D eigenvalue weighted by Gasteiger charge is -2.27. The molecule has 1 saturated heterocycles. The molecular weight excluding hydrogens is 228 g/mol. The predicted molar refractivity (Wildman–Crippen MR) is 69.5 cm³/mol. The molecule has 2 rings (SSSR count). The van der Waals surface area contributed by atoms with E-state index in [1.54, 1.807) is 0 Å². The molecule has 2 unspecified atom stereocenters. The van der Waals surface area contributed by atoms with E-state index in [4.69, 9.17) is 4.74 Å². The van der Waals surface area contributed by atoms with E-state index in [0.717, 1.165) is 12.8 Å². The number of aryl methyl sites for hydroxylation is 1. The molecule has 1 aliphatic heterocycles. The van der Waals surface area contributed by atoms with Gasteiger partial charge >= 0.3 is 5.97 Å². The minimum absolute atomic E-state index is 0.175. The summed E-state index contributed by atoms with van der Waals surface area (Å²) in [6.45, 7) is 2.45. The van der Waals surface area contributed by atoms with Crippen LogP contribution in [-0.2, 0) is 16.0 Å². The number of hydrogen-bond donors (Lipinski definition) is 1. The highest BCUT2D eigenvalue weighted by atomic mass is 16.5. The van der Waals surface area contributed by atoms with E-state index in [2.05, 4.69) is 12.1 Å². The van der Waals surface area contributed by atoms with Crippen molar-refractivity contribution < 1.29 is 14.6 Å². The van der Waals surface area contributed by atoms with E-state index in [9.17, 15) is 9.90 Å². The van der Waals surface area contributed by atoms with Crippen molar-refractivity contribution in [2.45, 2.75) is 38.7 Å². The van der Waals surface area contributed by atoms with Crippen LogP contribution < -0.4 is 0 Å². The normalized spacial score (nSPS) is 27.3. The Morgan fingerprint density at radius 3 is 2.72 bits per heavy atom. The highest BCUT2D eigenvalue weighted by Crippen LogP contribution is 2.39. The third-order valence-corrected chi connectivity index (χ3v) is 4.05. The molecule has 1 N–H and O–H groups in total. The molecular formula is C15H20O3. The van der Waals surface area contributed by atoms with Gasteiger partial charge in [-0.15, -0.1) is 0 Å². The van der Waals surface area contributed by atoms with Gasteiger partial charge in [-0.05, 0) is 38.2 Å². The van der Waals surface area contributed by atoms with E-state index in [1.165, 1.54) is 5.56 Å². The number of carboxylic acids is 1. The largest absolute Gasteiger partial charge is 0.481 e. The summed E-state index contributed by atoms with van der Waals surface area (Å²) in [5.41, 5.74) is 0.596. The maximum Gasteiger partial charge on any atom is 0.312 e. The average molecular weight is 248 g/mol. The maximum atomic E-state index is 11.5. The first-order valence-electron chi connectivity index (χ1n) is 6.54. The van der Waals surface area contributed by atoms with Crippen LogP contribution in [0.25, 0.3) is 0 Å². The average Bonchev–Trinajstić information content (AvgIpc) is 2.73. The third-order valence-electron chi connectivity index (χ3n) is 4.05. The fourth-order valence-electron chi connectivity index (χ4n) is 2.75. The number of carbonyl (C=O) groups is 1. The van der Waals surface area contributed by atoms with Crippen molar-refractivity contribution in [1.82, 2.24) is 0 Å². The van der Waals surface area contributed by atoms with Crippen LogP contribution in [0, 0.1) is 5.41 Å². The molecule has 98 valence electrons. The predicted octanol–water partition coefficient (Wildman–Crippen LogP) is 2.89. The molecule has 3 nitrogen and oxygen atoms in total. The summed E-state index contributed by atoms with van der Waals surface area (Å²) in [7, 11) is 0. The van der Waals surface area contributed by atoms with Crippen molar-refractivity contribution in [1.29, 1.82) is 0 Å². The van der Waals surface area contributed by atoms with Crippen molar-refractivity contribution in [2.24, 2.45) is 5.41 Å². The molecule has 18 heavy (non-hydrogen) atoms. The Kier molecular flexibility index (Phi) is 4.02. The van der Waals surface area contributed by atoms with Gasteiger partial charge in [0.05, 0.1) is 11.5 Å². The van der Waals surface area contributed by atoms with Crippen LogP contribution in [0.2, 0.25) is 0 Å². The zero-order chi connectivity index (χ0) is 13.0. The number of hydrogen-bond acceptors (Lipinski definition) is 2. The molecule has 1 aliphatic rings. The molecule has 0 bridgehead atoms. The van der Waals surface area contributed by atoms with Gasteiger partial charge in [-0.1, -0.05) is 30.3 Å². The highest BCUT2D eigenvalue weighted by molar-refractivity contribution is 5.75. The lowest BCUT2D eigenvalue weighted by Crippen LogP contribution is -2.37. The maximum absolute atomic E-state index is 11.5. The van der Waals surface area contributed by atoms with Crippen LogP contribution in [0.15, 0.2) is 30.3 Å². The molecule has 3 heteroatoms. The van der Waals surface area contributed by atoms with Crippen LogP contribution in [-0.4, -0.2) is 23.8 Å². The molecule has 0 radical (unpaired) electrons. The monoisotopic (exact) mass is 248 g/mol. The zero-order valence-electron chi connectivity index (χ0n) is 10.8. The van der Waals surface area contributed by atoms with E-state index < -0.39 is 11.4 Å². The van der Waals surface area contributed by atoms with Gasteiger partial charge in [0, 0.05) is 6.61 Å². The third kappa shape index (κ3) is 2.56. The molecule has 1 heterocycles. The van der Waals surface area contributed by atoms with Gasteiger partial charge in [-0.3, -0.25) is 4.79 Å². The topological polar surface area (TPSA) is 46.5 Å². The van der Waals surface area contributed by atoms with Crippen molar-refractivity contribution >= 4 is 5.97 Å². The lowest BCUT2D eigenvalue weighted by atomic mass is 9.77. The summed E-state index contributed by atoms with van der Waals surface area (Å²) in [5, 5.41) is 9.45. The summed E-state index contributed by atoms with van der Waals surface area (Å²) < 4.78 is 5.45. The van der Waals surface area contributed by atoms with Crippen molar-refractivity contribution in [3.8, 4) is 0 Å². The number of benzene rings is 1. The Labute approximate surface area is 108 Å². The molecule has 1 aromatic rings. The molecule has 1 fully saturated rings. The van der Waals surface area contributed by atoms with Gasteiger partial charge in [0.1, 0.15) is 0 Å². The number of aliphatic carboxylic acids is 1. The first-order chi connectivity index (χ1) is 8.65. The summed E-state index contributed by atoms with van der Waals surface area (Å²) in [4.78, 5) is 11.5. The number of carboxylic acid groups (broad SMARTS) is 1. The fraction of sp³-hybridized carbons (Fsp3) is 0.533. The minimum atomic E-state index is -0.708. The van der Waals surface area contributed by atoms with Crippen LogP contribution in [0.4, 0.5) is 0 Å². The van der Waals surface area contributed by atoms with Crippen LogP contribution in [0.1, 0.15) is 31.7 Å². The molecule has 0 saturated carbocycles. The van der Waals surface area contributed by atoms with Crippen LogP contribution in [0.5, 0.6) is 0 Å². The minimum Gasteiger partial charge on any atom is -0.481 e. The standard InChI is InChI=1S/C15H20O3/c1-12-15(14(16)17,10-11-18-12)9-5-8-13-6-3-2-4-7-13/h2-4,6-7,12H,5,8-11H2,1H3,(H,16,17).